The van der Waals surface area contributed by atoms with Crippen LogP contribution in [0.2, 0.25) is 0 Å². The van der Waals surface area contributed by atoms with E-state index in [1.54, 1.807) is 17.0 Å². The lowest BCUT2D eigenvalue weighted by Gasteiger charge is -2.40. The van der Waals surface area contributed by atoms with E-state index in [0.717, 1.165) is 30.1 Å². The molecule has 2 amide bonds. The molecule has 0 saturated carbocycles. The van der Waals surface area contributed by atoms with E-state index in [1.165, 1.54) is 12.1 Å². The van der Waals surface area contributed by atoms with Gasteiger partial charge in [0.15, 0.2) is 0 Å². The number of anilines is 1. The third-order valence-corrected chi connectivity index (χ3v) is 6.21. The lowest BCUT2D eigenvalue weighted by atomic mass is 9.95. The molecule has 2 aromatic carbocycles. The topological polar surface area (TPSA) is 53.1 Å². The zero-order valence-electron chi connectivity index (χ0n) is 18.5. The molecule has 2 aliphatic rings. The van der Waals surface area contributed by atoms with Crippen LogP contribution in [-0.4, -0.2) is 60.9 Å². The molecule has 0 N–H and O–H groups in total. The highest BCUT2D eigenvalue weighted by molar-refractivity contribution is 5.84. The third kappa shape index (κ3) is 5.03. The van der Waals surface area contributed by atoms with E-state index in [0.29, 0.717) is 45.6 Å². The van der Waals surface area contributed by atoms with Crippen LogP contribution in [0.25, 0.3) is 0 Å². The van der Waals surface area contributed by atoms with Gasteiger partial charge in [0.25, 0.3) is 0 Å². The van der Waals surface area contributed by atoms with Crippen molar-refractivity contribution in [2.45, 2.75) is 26.3 Å². The first-order valence-electron chi connectivity index (χ1n) is 11.3. The second-order valence-corrected chi connectivity index (χ2v) is 8.35. The van der Waals surface area contributed by atoms with Gasteiger partial charge in [-0.3, -0.25) is 9.59 Å². The van der Waals surface area contributed by atoms with E-state index in [1.807, 2.05) is 30.0 Å². The van der Waals surface area contributed by atoms with Crippen LogP contribution in [0.4, 0.5) is 10.1 Å². The maximum atomic E-state index is 13.5. The number of para-hydroxylation sites is 2. The zero-order valence-corrected chi connectivity index (χ0v) is 18.5. The summed E-state index contributed by atoms with van der Waals surface area (Å²) in [6, 6.07) is 14.3. The summed E-state index contributed by atoms with van der Waals surface area (Å²) in [4.78, 5) is 31.5. The van der Waals surface area contributed by atoms with Crippen LogP contribution in [0.1, 0.15) is 25.3 Å². The standard InChI is InChI=1S/C25H30FN3O3/c1-2-32-23-9-4-3-8-22(23)27-12-14-28(15-13-27)25(31)20-10-11-24(30)29(18-20)17-19-6-5-7-21(26)16-19/h3-9,16,20H,2,10-15,17-18H2,1H3/t20-/m0/s1. The molecule has 32 heavy (non-hydrogen) atoms. The molecule has 2 aliphatic heterocycles. The van der Waals surface area contributed by atoms with Gasteiger partial charge in [0.2, 0.25) is 11.8 Å². The Kier molecular flexibility index (Phi) is 6.93. The predicted molar refractivity (Wildman–Crippen MR) is 121 cm³/mol. The molecule has 4 rings (SSSR count). The molecule has 0 radical (unpaired) electrons. The van der Waals surface area contributed by atoms with Gasteiger partial charge in [-0.05, 0) is 43.2 Å². The van der Waals surface area contributed by atoms with E-state index < -0.39 is 0 Å². The van der Waals surface area contributed by atoms with Crippen molar-refractivity contribution in [2.75, 3.05) is 44.2 Å². The fraction of sp³-hybridized carbons (Fsp3) is 0.440. The van der Waals surface area contributed by atoms with Crippen LogP contribution in [0, 0.1) is 11.7 Å². The number of amides is 2. The predicted octanol–water partition coefficient (Wildman–Crippen LogP) is 3.31. The number of benzene rings is 2. The average Bonchev–Trinajstić information content (AvgIpc) is 2.81. The van der Waals surface area contributed by atoms with E-state index in [-0.39, 0.29) is 23.5 Å². The molecule has 7 heteroatoms. The fourth-order valence-corrected chi connectivity index (χ4v) is 4.55. The smallest absolute Gasteiger partial charge is 0.227 e. The number of rotatable bonds is 6. The van der Waals surface area contributed by atoms with Gasteiger partial charge in [0.1, 0.15) is 11.6 Å². The molecule has 2 heterocycles. The van der Waals surface area contributed by atoms with Crippen molar-refractivity contribution in [3.8, 4) is 5.75 Å². The first kappa shape index (κ1) is 22.1. The fourth-order valence-electron chi connectivity index (χ4n) is 4.55. The molecule has 0 unspecified atom stereocenters. The highest BCUT2D eigenvalue weighted by Crippen LogP contribution is 2.29. The summed E-state index contributed by atoms with van der Waals surface area (Å²) in [5, 5.41) is 0. The van der Waals surface area contributed by atoms with Gasteiger partial charge in [0, 0.05) is 45.7 Å². The van der Waals surface area contributed by atoms with Gasteiger partial charge in [-0.2, -0.15) is 0 Å². The molecule has 2 aromatic rings. The van der Waals surface area contributed by atoms with Crippen molar-refractivity contribution in [1.29, 1.82) is 0 Å². The van der Waals surface area contributed by atoms with Crippen LogP contribution in [-0.2, 0) is 16.1 Å². The number of halogens is 1. The van der Waals surface area contributed by atoms with Gasteiger partial charge < -0.3 is 19.4 Å². The van der Waals surface area contributed by atoms with Crippen LogP contribution in [0.15, 0.2) is 48.5 Å². The van der Waals surface area contributed by atoms with Crippen molar-refractivity contribution in [3.05, 3.63) is 59.9 Å². The Morgan fingerprint density at radius 3 is 2.62 bits per heavy atom. The minimum atomic E-state index is -0.316. The van der Waals surface area contributed by atoms with Crippen LogP contribution < -0.4 is 9.64 Å². The molecule has 6 nitrogen and oxygen atoms in total. The second kappa shape index (κ2) is 10.0. The molecule has 170 valence electrons. The zero-order chi connectivity index (χ0) is 22.5. The minimum Gasteiger partial charge on any atom is -0.492 e. The average molecular weight is 440 g/mol. The summed E-state index contributed by atoms with van der Waals surface area (Å²) in [6.07, 6.45) is 0.929. The number of nitrogens with zero attached hydrogens (tertiary/aromatic N) is 3. The Balaban J connectivity index is 1.35. The first-order chi connectivity index (χ1) is 15.5. The van der Waals surface area contributed by atoms with E-state index in [2.05, 4.69) is 11.0 Å². The largest absolute Gasteiger partial charge is 0.492 e. The molecule has 0 aromatic heterocycles. The molecule has 0 spiro atoms. The van der Waals surface area contributed by atoms with Crippen molar-refractivity contribution < 1.29 is 18.7 Å². The van der Waals surface area contributed by atoms with Gasteiger partial charge >= 0.3 is 0 Å². The maximum Gasteiger partial charge on any atom is 0.227 e. The Morgan fingerprint density at radius 1 is 1.09 bits per heavy atom. The quantitative estimate of drug-likeness (QED) is 0.693. The van der Waals surface area contributed by atoms with Crippen LogP contribution in [0.5, 0.6) is 5.75 Å². The Morgan fingerprint density at radius 2 is 1.88 bits per heavy atom. The number of piperidine rings is 1. The number of carbonyl (C=O) groups is 2. The normalized spacial score (nSPS) is 19.2. The molecule has 1 atom stereocenters. The van der Waals surface area contributed by atoms with E-state index >= 15 is 0 Å². The van der Waals surface area contributed by atoms with Crippen molar-refractivity contribution >= 4 is 17.5 Å². The van der Waals surface area contributed by atoms with Gasteiger partial charge in [-0.1, -0.05) is 24.3 Å². The first-order valence-corrected chi connectivity index (χ1v) is 11.3. The molecule has 2 saturated heterocycles. The third-order valence-electron chi connectivity index (χ3n) is 6.21. The van der Waals surface area contributed by atoms with E-state index in [9.17, 15) is 14.0 Å². The SMILES string of the molecule is CCOc1ccccc1N1CCN(C(=O)[C@H]2CCC(=O)N(Cc3cccc(F)c3)C2)CC1. The molecule has 2 fully saturated rings. The van der Waals surface area contributed by atoms with Gasteiger partial charge in [-0.25, -0.2) is 4.39 Å². The minimum absolute atomic E-state index is 0.0238. The van der Waals surface area contributed by atoms with Crippen molar-refractivity contribution in [3.63, 3.8) is 0 Å². The number of ether oxygens (including phenoxy) is 1. The summed E-state index contributed by atoms with van der Waals surface area (Å²) in [6.45, 7) is 6.09. The molecule has 0 aliphatic carbocycles. The highest BCUT2D eigenvalue weighted by Gasteiger charge is 2.34. The van der Waals surface area contributed by atoms with Crippen molar-refractivity contribution in [1.82, 2.24) is 9.80 Å². The molecule has 0 bridgehead atoms. The van der Waals surface area contributed by atoms with Crippen LogP contribution in [0.3, 0.4) is 0 Å². The number of hydrogen-bond donors (Lipinski definition) is 0. The summed E-state index contributed by atoms with van der Waals surface area (Å²) in [5.74, 6) is 0.482. The van der Waals surface area contributed by atoms with E-state index in [4.69, 9.17) is 4.74 Å². The molecular formula is C25H30FN3O3. The van der Waals surface area contributed by atoms with Crippen LogP contribution >= 0.6 is 0 Å². The lowest BCUT2D eigenvalue weighted by molar-refractivity contribution is -0.143. The monoisotopic (exact) mass is 439 g/mol. The Bertz CT molecular complexity index is 959. The Hall–Kier alpha value is -3.09. The summed E-state index contributed by atoms with van der Waals surface area (Å²) in [7, 11) is 0. The number of likely N-dealkylation sites (tertiary alicyclic amines) is 1. The van der Waals surface area contributed by atoms with Gasteiger partial charge in [-0.15, -0.1) is 0 Å². The highest BCUT2D eigenvalue weighted by atomic mass is 19.1. The number of hydrogen-bond acceptors (Lipinski definition) is 4. The van der Waals surface area contributed by atoms with Crippen molar-refractivity contribution in [2.24, 2.45) is 5.92 Å². The van der Waals surface area contributed by atoms with Gasteiger partial charge in [0.05, 0.1) is 18.2 Å². The second-order valence-electron chi connectivity index (χ2n) is 8.35. The Labute approximate surface area is 188 Å². The summed E-state index contributed by atoms with van der Waals surface area (Å²) < 4.78 is 19.3. The lowest BCUT2D eigenvalue weighted by Crippen LogP contribution is -2.53. The summed E-state index contributed by atoms with van der Waals surface area (Å²) in [5.41, 5.74) is 1.80. The summed E-state index contributed by atoms with van der Waals surface area (Å²) >= 11 is 0. The number of carbonyl (C=O) groups excluding carboxylic acids is 2. The number of piperazine rings is 1. The maximum absolute atomic E-state index is 13.5. The molecular weight excluding hydrogens is 409 g/mol.